The third kappa shape index (κ3) is 9.07. The van der Waals surface area contributed by atoms with Crippen molar-refractivity contribution in [1.29, 1.82) is 0 Å². The Labute approximate surface area is 255 Å². The van der Waals surface area contributed by atoms with Gasteiger partial charge in [-0.15, -0.1) is 12.4 Å². The second-order valence-electron chi connectivity index (χ2n) is 9.83. The zero-order chi connectivity index (χ0) is 28.9. The van der Waals surface area contributed by atoms with Crippen LogP contribution in [0.25, 0.3) is 0 Å². The number of benzene rings is 5. The van der Waals surface area contributed by atoms with E-state index >= 15 is 0 Å². The van der Waals surface area contributed by atoms with Gasteiger partial charge in [0.25, 0.3) is 0 Å². The molecule has 0 radical (unpaired) electrons. The molecule has 0 saturated heterocycles. The number of rotatable bonds is 10. The molecule has 216 valence electrons. The van der Waals surface area contributed by atoms with E-state index in [1.165, 1.54) is 29.9 Å². The Kier molecular flexibility index (Phi) is 12.8. The molecule has 0 amide bonds. The van der Waals surface area contributed by atoms with E-state index in [9.17, 15) is 9.90 Å². The van der Waals surface area contributed by atoms with E-state index in [1.54, 1.807) is 36.4 Å². The standard InChI is InChI=1S/C23H25N.C14H12O3.ClH/c1-19(20-11-5-2-6-12-20)24-18-17-23(21-13-7-3-8-14-21)22-15-9-4-10-16-22;1-17-11-7-8-12(13(15)9-11)14(16)10-5-3-2-4-6-10;/h2-16,19,23-24H,17-18H2,1H3;2-9,15H,1H3;1H. The summed E-state index contributed by atoms with van der Waals surface area (Å²) < 4.78 is 4.96. The molecule has 1 unspecified atom stereocenters. The molecule has 0 spiro atoms. The smallest absolute Gasteiger partial charge is 0.196 e. The number of halogens is 1. The van der Waals surface area contributed by atoms with Gasteiger partial charge in [-0.2, -0.15) is 0 Å². The van der Waals surface area contributed by atoms with Crippen LogP contribution in [0.2, 0.25) is 0 Å². The number of methoxy groups -OCH3 is 1. The molecule has 0 aliphatic carbocycles. The fraction of sp³-hybridized carbons (Fsp3) is 0.162. The van der Waals surface area contributed by atoms with Crippen LogP contribution in [0.5, 0.6) is 11.5 Å². The monoisotopic (exact) mass is 579 g/mol. The number of phenolic OH excluding ortho intramolecular Hbond substituents is 1. The number of carbonyl (C=O) groups excluding carboxylic acids is 1. The maximum Gasteiger partial charge on any atom is 0.196 e. The topological polar surface area (TPSA) is 58.6 Å². The van der Waals surface area contributed by atoms with Gasteiger partial charge < -0.3 is 15.2 Å². The first kappa shape index (κ1) is 32.1. The molecule has 0 bridgehead atoms. The van der Waals surface area contributed by atoms with Crippen molar-refractivity contribution in [2.75, 3.05) is 13.7 Å². The quantitative estimate of drug-likeness (QED) is 0.163. The van der Waals surface area contributed by atoms with Crippen LogP contribution in [0.15, 0.2) is 140 Å². The van der Waals surface area contributed by atoms with Gasteiger partial charge in [0.2, 0.25) is 0 Å². The van der Waals surface area contributed by atoms with Gasteiger partial charge in [-0.25, -0.2) is 0 Å². The minimum absolute atomic E-state index is 0. The molecule has 0 aliphatic rings. The van der Waals surface area contributed by atoms with E-state index in [-0.39, 0.29) is 29.5 Å². The number of ketones is 1. The summed E-state index contributed by atoms with van der Waals surface area (Å²) in [5.41, 5.74) is 4.94. The molecule has 2 N–H and O–H groups in total. The van der Waals surface area contributed by atoms with Gasteiger partial charge in [0.1, 0.15) is 11.5 Å². The van der Waals surface area contributed by atoms with Crippen molar-refractivity contribution in [2.45, 2.75) is 25.3 Å². The molecule has 0 aromatic heterocycles. The number of aromatic hydroxyl groups is 1. The van der Waals surface area contributed by atoms with E-state index < -0.39 is 0 Å². The van der Waals surface area contributed by atoms with E-state index in [4.69, 9.17) is 4.74 Å². The Morgan fingerprint density at radius 2 is 1.19 bits per heavy atom. The highest BCUT2D eigenvalue weighted by atomic mass is 35.5. The van der Waals surface area contributed by atoms with Gasteiger partial charge in [-0.05, 0) is 48.7 Å². The number of hydrogen-bond acceptors (Lipinski definition) is 4. The molecule has 0 fully saturated rings. The summed E-state index contributed by atoms with van der Waals surface area (Å²) in [7, 11) is 1.51. The molecule has 4 nitrogen and oxygen atoms in total. The van der Waals surface area contributed by atoms with E-state index in [2.05, 4.69) is 103 Å². The molecule has 0 saturated carbocycles. The van der Waals surface area contributed by atoms with Gasteiger partial charge in [0, 0.05) is 23.6 Å². The van der Waals surface area contributed by atoms with Crippen molar-refractivity contribution in [3.05, 3.63) is 167 Å². The highest BCUT2D eigenvalue weighted by Crippen LogP contribution is 2.28. The van der Waals surface area contributed by atoms with Crippen molar-refractivity contribution >= 4 is 18.2 Å². The highest BCUT2D eigenvalue weighted by molar-refractivity contribution is 6.10. The molecular weight excluding hydrogens is 542 g/mol. The predicted molar refractivity (Wildman–Crippen MR) is 174 cm³/mol. The van der Waals surface area contributed by atoms with Crippen molar-refractivity contribution in [2.24, 2.45) is 0 Å². The summed E-state index contributed by atoms with van der Waals surface area (Å²) in [5, 5.41) is 13.4. The van der Waals surface area contributed by atoms with Crippen LogP contribution < -0.4 is 10.1 Å². The molecule has 5 rings (SSSR count). The number of ether oxygens (including phenoxy) is 1. The van der Waals surface area contributed by atoms with Crippen LogP contribution in [0.1, 0.15) is 57.9 Å². The first-order chi connectivity index (χ1) is 20.1. The molecule has 0 heterocycles. The summed E-state index contributed by atoms with van der Waals surface area (Å²) in [4.78, 5) is 12.1. The normalized spacial score (nSPS) is 11.0. The van der Waals surface area contributed by atoms with E-state index in [0.29, 0.717) is 23.3 Å². The van der Waals surface area contributed by atoms with E-state index in [1.807, 2.05) is 6.07 Å². The van der Waals surface area contributed by atoms with Crippen molar-refractivity contribution in [1.82, 2.24) is 5.32 Å². The lowest BCUT2D eigenvalue weighted by molar-refractivity contribution is 0.103. The molecule has 5 aromatic rings. The Balaban J connectivity index is 0.000000238. The fourth-order valence-electron chi connectivity index (χ4n) is 4.78. The maximum absolute atomic E-state index is 12.1. The summed E-state index contributed by atoms with van der Waals surface area (Å²) >= 11 is 0. The first-order valence-corrected chi connectivity index (χ1v) is 13.9. The van der Waals surface area contributed by atoms with Crippen LogP contribution in [0.4, 0.5) is 0 Å². The minimum Gasteiger partial charge on any atom is -0.507 e. The Hall–Kier alpha value is -4.38. The van der Waals surface area contributed by atoms with Crippen LogP contribution >= 0.6 is 12.4 Å². The Morgan fingerprint density at radius 3 is 1.67 bits per heavy atom. The van der Waals surface area contributed by atoms with Gasteiger partial charge in [-0.1, -0.05) is 121 Å². The van der Waals surface area contributed by atoms with Crippen LogP contribution in [-0.4, -0.2) is 24.5 Å². The Bertz CT molecular complexity index is 1440. The zero-order valence-corrected chi connectivity index (χ0v) is 24.8. The van der Waals surface area contributed by atoms with Gasteiger partial charge in [0.15, 0.2) is 5.78 Å². The third-order valence-corrected chi connectivity index (χ3v) is 7.07. The predicted octanol–water partition coefficient (Wildman–Crippen LogP) is 8.61. The summed E-state index contributed by atoms with van der Waals surface area (Å²) in [6, 6.07) is 46.1. The lowest BCUT2D eigenvalue weighted by atomic mass is 9.88. The van der Waals surface area contributed by atoms with Crippen LogP contribution in [0.3, 0.4) is 0 Å². The number of phenols is 1. The number of hydrogen-bond donors (Lipinski definition) is 2. The van der Waals surface area contributed by atoms with Gasteiger partial charge in [-0.3, -0.25) is 4.79 Å². The second kappa shape index (κ2) is 16.8. The average Bonchev–Trinajstić information content (AvgIpc) is 3.04. The highest BCUT2D eigenvalue weighted by Gasteiger charge is 2.15. The SMILES string of the molecule is CC(NCCC(c1ccccc1)c1ccccc1)c1ccccc1.COc1ccc(C(=O)c2ccccc2)c(O)c1.Cl. The average molecular weight is 580 g/mol. The second-order valence-corrected chi connectivity index (χ2v) is 9.83. The Morgan fingerprint density at radius 1 is 0.714 bits per heavy atom. The summed E-state index contributed by atoms with van der Waals surface area (Å²) in [6.45, 7) is 3.22. The van der Waals surface area contributed by atoms with Crippen molar-refractivity contribution < 1.29 is 14.6 Å². The summed E-state index contributed by atoms with van der Waals surface area (Å²) in [5.74, 6) is 0.680. The zero-order valence-electron chi connectivity index (χ0n) is 24.0. The van der Waals surface area contributed by atoms with Crippen molar-refractivity contribution in [3.8, 4) is 11.5 Å². The molecule has 5 heteroatoms. The molecule has 0 aliphatic heterocycles. The first-order valence-electron chi connectivity index (χ1n) is 13.9. The largest absolute Gasteiger partial charge is 0.507 e. The molecule has 42 heavy (non-hydrogen) atoms. The van der Waals surface area contributed by atoms with E-state index in [0.717, 1.165) is 13.0 Å². The third-order valence-electron chi connectivity index (χ3n) is 7.07. The lowest BCUT2D eigenvalue weighted by Crippen LogP contribution is -2.21. The van der Waals surface area contributed by atoms with Gasteiger partial charge in [0.05, 0.1) is 12.7 Å². The van der Waals surface area contributed by atoms with Gasteiger partial charge >= 0.3 is 0 Å². The van der Waals surface area contributed by atoms with Crippen LogP contribution in [0, 0.1) is 0 Å². The molecule has 1 atom stereocenters. The summed E-state index contributed by atoms with van der Waals surface area (Å²) in [6.07, 6.45) is 1.09. The molecule has 5 aromatic carbocycles. The van der Waals surface area contributed by atoms with Crippen LogP contribution in [-0.2, 0) is 0 Å². The number of carbonyl (C=O) groups is 1. The fourth-order valence-corrected chi connectivity index (χ4v) is 4.78. The number of nitrogens with one attached hydrogen (secondary N) is 1. The van der Waals surface area contributed by atoms with Crippen molar-refractivity contribution in [3.63, 3.8) is 0 Å². The minimum atomic E-state index is -0.203. The molecular formula is C37H38ClNO3. The maximum atomic E-state index is 12.1. The lowest BCUT2D eigenvalue weighted by Gasteiger charge is -2.20.